The van der Waals surface area contributed by atoms with Crippen LogP contribution in [-0.2, 0) is 24.0 Å². The number of carboxylic acids is 2. The molecule has 4 atom stereocenters. The summed E-state index contributed by atoms with van der Waals surface area (Å²) in [4.78, 5) is 59.9. The fourth-order valence-corrected chi connectivity index (χ4v) is 3.38. The lowest BCUT2D eigenvalue weighted by Gasteiger charge is -2.25. The summed E-state index contributed by atoms with van der Waals surface area (Å²) in [6.07, 6.45) is 1.81. The first-order valence-corrected chi connectivity index (χ1v) is 12.2. The predicted molar refractivity (Wildman–Crippen MR) is 125 cm³/mol. The Morgan fingerprint density at radius 2 is 1.41 bits per heavy atom. The number of hydrogen-bond acceptors (Lipinski definition) is 8. The molecule has 0 bridgehead atoms. The van der Waals surface area contributed by atoms with Crippen LogP contribution < -0.4 is 21.7 Å². The minimum absolute atomic E-state index is 0.173. The van der Waals surface area contributed by atoms with Crippen LogP contribution in [-0.4, -0.2) is 81.8 Å². The van der Waals surface area contributed by atoms with Gasteiger partial charge in [-0.05, 0) is 37.2 Å². The maximum atomic E-state index is 12.8. The average molecular weight is 495 g/mol. The van der Waals surface area contributed by atoms with Crippen molar-refractivity contribution in [3.63, 3.8) is 0 Å². The number of carbonyl (C=O) groups is 5. The molecule has 0 rings (SSSR count). The molecule has 0 aliphatic heterocycles. The second kappa shape index (κ2) is 15.8. The van der Waals surface area contributed by atoms with Crippen molar-refractivity contribution < 1.29 is 34.2 Å². The van der Waals surface area contributed by atoms with E-state index in [-0.39, 0.29) is 24.5 Å². The average Bonchev–Trinajstić information content (AvgIpc) is 2.70. The van der Waals surface area contributed by atoms with Gasteiger partial charge in [-0.25, -0.2) is 4.79 Å². The maximum Gasteiger partial charge on any atom is 0.327 e. The molecule has 0 saturated heterocycles. The van der Waals surface area contributed by atoms with Crippen molar-refractivity contribution in [2.24, 2.45) is 11.7 Å². The number of rotatable bonds is 16. The number of amides is 3. The van der Waals surface area contributed by atoms with Gasteiger partial charge in [-0.2, -0.15) is 24.4 Å². The highest BCUT2D eigenvalue weighted by atomic mass is 32.2. The van der Waals surface area contributed by atoms with Gasteiger partial charge in [0, 0.05) is 12.2 Å². The number of aliphatic carboxylic acids is 2. The second-order valence-corrected chi connectivity index (χ2v) is 9.01. The minimum Gasteiger partial charge on any atom is -0.481 e. The molecule has 11 nitrogen and oxygen atoms in total. The van der Waals surface area contributed by atoms with E-state index in [1.165, 1.54) is 11.8 Å². The van der Waals surface area contributed by atoms with Crippen molar-refractivity contribution in [1.29, 1.82) is 0 Å². The maximum absolute atomic E-state index is 12.8. The summed E-state index contributed by atoms with van der Waals surface area (Å²) in [6.45, 7) is 3.82. The van der Waals surface area contributed by atoms with Crippen LogP contribution in [0.4, 0.5) is 0 Å². The van der Waals surface area contributed by atoms with E-state index in [2.05, 4.69) is 28.6 Å². The van der Waals surface area contributed by atoms with E-state index in [0.717, 1.165) is 0 Å². The Balaban J connectivity index is 5.42. The van der Waals surface area contributed by atoms with E-state index in [0.29, 0.717) is 12.2 Å². The predicted octanol–water partition coefficient (Wildman–Crippen LogP) is -0.553. The zero-order chi connectivity index (χ0) is 24.8. The Hall–Kier alpha value is -1.99. The molecule has 0 heterocycles. The lowest BCUT2D eigenvalue weighted by molar-refractivity contribution is -0.142. The van der Waals surface area contributed by atoms with Crippen LogP contribution in [0.15, 0.2) is 0 Å². The highest BCUT2D eigenvalue weighted by Crippen LogP contribution is 2.07. The summed E-state index contributed by atoms with van der Waals surface area (Å²) in [6, 6.07) is -4.42. The van der Waals surface area contributed by atoms with E-state index >= 15 is 0 Å². The molecular formula is C19H34N4O7S2. The van der Waals surface area contributed by atoms with Crippen LogP contribution in [0.25, 0.3) is 0 Å². The topological polar surface area (TPSA) is 188 Å². The lowest BCUT2D eigenvalue weighted by Crippen LogP contribution is -2.57. The van der Waals surface area contributed by atoms with E-state index in [1.807, 2.05) is 20.1 Å². The largest absolute Gasteiger partial charge is 0.481 e. The number of nitrogens with one attached hydrogen (secondary N) is 3. The third-order valence-electron chi connectivity index (χ3n) is 4.38. The number of carboxylic acid groups (broad SMARTS) is 2. The molecule has 0 spiro atoms. The quantitative estimate of drug-likeness (QED) is 0.138. The normalized spacial score (nSPS) is 14.7. The molecule has 0 aliphatic rings. The Kier molecular flexibility index (Phi) is 14.8. The van der Waals surface area contributed by atoms with Crippen LogP contribution in [0.3, 0.4) is 0 Å². The molecule has 0 aliphatic carbocycles. The molecule has 4 unspecified atom stereocenters. The van der Waals surface area contributed by atoms with Gasteiger partial charge in [-0.3, -0.25) is 19.2 Å². The molecule has 0 saturated carbocycles. The Morgan fingerprint density at radius 1 is 0.906 bits per heavy atom. The summed E-state index contributed by atoms with van der Waals surface area (Å²) in [5, 5.41) is 25.3. The third-order valence-corrected chi connectivity index (χ3v) is 5.39. The van der Waals surface area contributed by atoms with Crippen molar-refractivity contribution in [3.8, 4) is 0 Å². The van der Waals surface area contributed by atoms with Crippen LogP contribution >= 0.6 is 24.4 Å². The summed E-state index contributed by atoms with van der Waals surface area (Å²) in [5.74, 6) is -4.04. The van der Waals surface area contributed by atoms with Crippen molar-refractivity contribution >= 4 is 54.1 Å². The standard InChI is InChI=1S/C19H34N4O7S2/c1-10(2)8-11(20)16(26)21-13(6-7-32-3)18(28)22-12(4-5-15(24)25)17(27)23-14(9-31)19(29)30/h10-14,31H,4-9,20H2,1-3H3,(H,21,26)(H,22,28)(H,23,27)(H,24,25)(H,29,30). The fraction of sp³-hybridized carbons (Fsp3) is 0.737. The first-order chi connectivity index (χ1) is 14.9. The first kappa shape index (κ1) is 30.0. The number of thioether (sulfide) groups is 1. The highest BCUT2D eigenvalue weighted by molar-refractivity contribution is 7.98. The molecule has 0 aromatic carbocycles. The second-order valence-electron chi connectivity index (χ2n) is 7.65. The van der Waals surface area contributed by atoms with Crippen LogP contribution in [0.5, 0.6) is 0 Å². The zero-order valence-corrected chi connectivity index (χ0v) is 20.2. The number of hydrogen-bond donors (Lipinski definition) is 7. The Bertz CT molecular complexity index is 664. The molecule has 0 radical (unpaired) electrons. The summed E-state index contributed by atoms with van der Waals surface area (Å²) >= 11 is 5.32. The van der Waals surface area contributed by atoms with Gasteiger partial charge < -0.3 is 31.9 Å². The number of nitrogens with two attached hydrogens (primary N) is 1. The van der Waals surface area contributed by atoms with Gasteiger partial charge in [0.25, 0.3) is 0 Å². The van der Waals surface area contributed by atoms with Gasteiger partial charge in [0.2, 0.25) is 17.7 Å². The van der Waals surface area contributed by atoms with Gasteiger partial charge in [0.1, 0.15) is 18.1 Å². The summed E-state index contributed by atoms with van der Waals surface area (Å²) in [7, 11) is 0. The molecule has 184 valence electrons. The lowest BCUT2D eigenvalue weighted by atomic mass is 10.0. The van der Waals surface area contributed by atoms with Gasteiger partial charge >= 0.3 is 11.9 Å². The Labute approximate surface area is 197 Å². The molecule has 0 aromatic rings. The molecule has 7 N–H and O–H groups in total. The van der Waals surface area contributed by atoms with Crippen molar-refractivity contribution in [1.82, 2.24) is 16.0 Å². The minimum atomic E-state index is -1.32. The number of carbonyl (C=O) groups excluding carboxylic acids is 3. The van der Waals surface area contributed by atoms with E-state index in [4.69, 9.17) is 15.9 Å². The highest BCUT2D eigenvalue weighted by Gasteiger charge is 2.30. The molecule has 13 heteroatoms. The van der Waals surface area contributed by atoms with Crippen LogP contribution in [0.1, 0.15) is 39.5 Å². The number of thiol groups is 1. The zero-order valence-electron chi connectivity index (χ0n) is 18.5. The molecular weight excluding hydrogens is 460 g/mol. The van der Waals surface area contributed by atoms with Crippen molar-refractivity contribution in [3.05, 3.63) is 0 Å². The van der Waals surface area contributed by atoms with Crippen molar-refractivity contribution in [2.75, 3.05) is 17.8 Å². The SMILES string of the molecule is CSCCC(NC(=O)C(N)CC(C)C)C(=O)NC(CCC(=O)O)C(=O)NC(CS)C(=O)O. The molecule has 3 amide bonds. The van der Waals surface area contributed by atoms with E-state index in [9.17, 15) is 24.0 Å². The molecule has 0 fully saturated rings. The van der Waals surface area contributed by atoms with Crippen LogP contribution in [0.2, 0.25) is 0 Å². The molecule has 32 heavy (non-hydrogen) atoms. The van der Waals surface area contributed by atoms with Gasteiger partial charge in [0.05, 0.1) is 6.04 Å². The van der Waals surface area contributed by atoms with E-state index < -0.39 is 60.2 Å². The van der Waals surface area contributed by atoms with Crippen LogP contribution in [0, 0.1) is 5.92 Å². The summed E-state index contributed by atoms with van der Waals surface area (Å²) < 4.78 is 0. The van der Waals surface area contributed by atoms with Gasteiger partial charge in [-0.15, -0.1) is 0 Å². The van der Waals surface area contributed by atoms with E-state index in [1.54, 1.807) is 0 Å². The van der Waals surface area contributed by atoms with Gasteiger partial charge in [0.15, 0.2) is 0 Å². The Morgan fingerprint density at radius 3 is 1.84 bits per heavy atom. The monoisotopic (exact) mass is 494 g/mol. The van der Waals surface area contributed by atoms with Crippen molar-refractivity contribution in [2.45, 2.75) is 63.7 Å². The first-order valence-electron chi connectivity index (χ1n) is 10.1. The third kappa shape index (κ3) is 12.2. The van der Waals surface area contributed by atoms with Gasteiger partial charge in [-0.1, -0.05) is 13.8 Å². The fourth-order valence-electron chi connectivity index (χ4n) is 2.66. The summed E-state index contributed by atoms with van der Waals surface area (Å²) in [5.41, 5.74) is 5.88. The smallest absolute Gasteiger partial charge is 0.327 e. The molecule has 0 aromatic heterocycles.